The molecule has 6 heteroatoms. The number of methoxy groups -OCH3 is 1. The van der Waals surface area contributed by atoms with Crippen LogP contribution in [0.1, 0.15) is 18.2 Å². The molecule has 1 aromatic carbocycles. The number of hydrogen-bond donors (Lipinski definition) is 1. The average molecular weight is 456 g/mol. The molecular weight excluding hydrogens is 427 g/mol. The molecule has 0 bridgehead atoms. The minimum absolute atomic E-state index is 0. The van der Waals surface area contributed by atoms with Crippen LogP contribution in [0.15, 0.2) is 47.6 Å². The Bertz CT molecular complexity index is 669. The number of aromatic nitrogens is 1. The lowest BCUT2D eigenvalue weighted by Crippen LogP contribution is -2.39. The maximum atomic E-state index is 5.40. The predicted molar refractivity (Wildman–Crippen MR) is 115 cm³/mol. The number of nitrogens with zero attached hydrogens (tertiary/aromatic N) is 3. The fraction of sp³-hybridized carbons (Fsp3) is 0.421. The largest absolute Gasteiger partial charge is 0.496 e. The molecule has 0 amide bonds. The normalized spacial score (nSPS) is 11.0. The quantitative estimate of drug-likeness (QED) is 0.395. The van der Waals surface area contributed by atoms with Crippen molar-refractivity contribution in [3.8, 4) is 5.75 Å². The van der Waals surface area contributed by atoms with E-state index in [-0.39, 0.29) is 24.0 Å². The van der Waals surface area contributed by atoms with Gasteiger partial charge in [0.2, 0.25) is 0 Å². The van der Waals surface area contributed by atoms with Gasteiger partial charge in [-0.05, 0) is 37.1 Å². The van der Waals surface area contributed by atoms with E-state index in [2.05, 4.69) is 60.2 Å². The first kappa shape index (κ1) is 21.3. The van der Waals surface area contributed by atoms with Crippen LogP contribution in [0.3, 0.4) is 0 Å². The van der Waals surface area contributed by atoms with Gasteiger partial charge in [0.15, 0.2) is 5.96 Å². The lowest BCUT2D eigenvalue weighted by Gasteiger charge is -2.22. The van der Waals surface area contributed by atoms with E-state index in [9.17, 15) is 0 Å². The lowest BCUT2D eigenvalue weighted by atomic mass is 10.1. The van der Waals surface area contributed by atoms with Crippen LogP contribution >= 0.6 is 24.0 Å². The van der Waals surface area contributed by atoms with Crippen molar-refractivity contribution < 1.29 is 4.74 Å². The zero-order chi connectivity index (χ0) is 17.4. The summed E-state index contributed by atoms with van der Waals surface area (Å²) in [6.07, 6.45) is 2.92. The molecule has 1 heterocycles. The van der Waals surface area contributed by atoms with Crippen LogP contribution in [0.25, 0.3) is 0 Å². The molecule has 0 spiro atoms. The number of hydrogen-bond acceptors (Lipinski definition) is 2. The minimum atomic E-state index is 0. The molecule has 0 aliphatic rings. The number of nitrogens with one attached hydrogen (secondary N) is 1. The van der Waals surface area contributed by atoms with Gasteiger partial charge in [-0.1, -0.05) is 18.2 Å². The molecule has 0 saturated carbocycles. The first-order valence-electron chi connectivity index (χ1n) is 8.37. The van der Waals surface area contributed by atoms with E-state index in [1.807, 2.05) is 18.2 Å². The molecule has 0 aliphatic carbocycles. The number of guanidine groups is 1. The summed E-state index contributed by atoms with van der Waals surface area (Å²) in [5, 5.41) is 3.36. The highest BCUT2D eigenvalue weighted by atomic mass is 127. The van der Waals surface area contributed by atoms with Gasteiger partial charge in [-0.3, -0.25) is 4.99 Å². The van der Waals surface area contributed by atoms with Gasteiger partial charge in [-0.2, -0.15) is 0 Å². The molecule has 25 heavy (non-hydrogen) atoms. The molecular formula is C19H29IN4O. The van der Waals surface area contributed by atoms with E-state index in [0.717, 1.165) is 37.8 Å². The topological polar surface area (TPSA) is 41.8 Å². The summed E-state index contributed by atoms with van der Waals surface area (Å²) < 4.78 is 7.54. The maximum absolute atomic E-state index is 5.40. The van der Waals surface area contributed by atoms with Crippen LogP contribution in [0.2, 0.25) is 0 Å². The zero-order valence-electron chi connectivity index (χ0n) is 15.5. The summed E-state index contributed by atoms with van der Waals surface area (Å²) in [5.41, 5.74) is 2.44. The molecule has 2 rings (SSSR count). The summed E-state index contributed by atoms with van der Waals surface area (Å²) in [6.45, 7) is 4.49. The maximum Gasteiger partial charge on any atom is 0.194 e. The summed E-state index contributed by atoms with van der Waals surface area (Å²) in [6, 6.07) is 12.3. The van der Waals surface area contributed by atoms with Crippen molar-refractivity contribution in [2.45, 2.75) is 19.9 Å². The van der Waals surface area contributed by atoms with Crippen LogP contribution in [0.5, 0.6) is 5.75 Å². The van der Waals surface area contributed by atoms with E-state index >= 15 is 0 Å². The Labute approximate surface area is 168 Å². The molecule has 0 fully saturated rings. The molecule has 0 unspecified atom stereocenters. The highest BCUT2D eigenvalue weighted by Gasteiger charge is 2.08. The van der Waals surface area contributed by atoms with Crippen molar-refractivity contribution in [3.63, 3.8) is 0 Å². The molecule has 0 aliphatic heterocycles. The third kappa shape index (κ3) is 6.26. The first-order valence-corrected chi connectivity index (χ1v) is 8.37. The van der Waals surface area contributed by atoms with Crippen molar-refractivity contribution in [2.24, 2.45) is 12.0 Å². The smallest absolute Gasteiger partial charge is 0.194 e. The standard InChI is InChI=1S/C19H28N4O.HI/c1-5-20-19(23(3)15-17-10-8-14-22(17)2)21-13-12-16-9-6-7-11-18(16)24-4;/h6-11,14H,5,12-13,15H2,1-4H3,(H,20,21);1H. The summed E-state index contributed by atoms with van der Waals surface area (Å²) in [7, 11) is 5.84. The van der Waals surface area contributed by atoms with Gasteiger partial charge in [0.1, 0.15) is 5.75 Å². The summed E-state index contributed by atoms with van der Waals surface area (Å²) in [4.78, 5) is 6.91. The van der Waals surface area contributed by atoms with Crippen LogP contribution in [-0.2, 0) is 20.0 Å². The molecule has 2 aromatic rings. The first-order chi connectivity index (χ1) is 11.7. The van der Waals surface area contributed by atoms with Crippen molar-refractivity contribution in [2.75, 3.05) is 27.2 Å². The van der Waals surface area contributed by atoms with Crippen LogP contribution in [0.4, 0.5) is 0 Å². The molecule has 1 aromatic heterocycles. The Morgan fingerprint density at radius 1 is 1.24 bits per heavy atom. The van der Waals surface area contributed by atoms with Gasteiger partial charge < -0.3 is 19.5 Å². The van der Waals surface area contributed by atoms with Gasteiger partial charge in [0, 0.05) is 39.1 Å². The third-order valence-electron chi connectivity index (χ3n) is 3.98. The van der Waals surface area contributed by atoms with Crippen LogP contribution < -0.4 is 10.1 Å². The van der Waals surface area contributed by atoms with E-state index in [1.165, 1.54) is 11.3 Å². The highest BCUT2D eigenvalue weighted by molar-refractivity contribution is 14.0. The monoisotopic (exact) mass is 456 g/mol. The van der Waals surface area contributed by atoms with E-state index in [1.54, 1.807) is 7.11 Å². The van der Waals surface area contributed by atoms with Gasteiger partial charge >= 0.3 is 0 Å². The number of rotatable bonds is 7. The van der Waals surface area contributed by atoms with Gasteiger partial charge in [0.25, 0.3) is 0 Å². The van der Waals surface area contributed by atoms with Crippen molar-refractivity contribution in [1.82, 2.24) is 14.8 Å². The molecule has 5 nitrogen and oxygen atoms in total. The fourth-order valence-corrected chi connectivity index (χ4v) is 2.64. The second-order valence-electron chi connectivity index (χ2n) is 5.76. The molecule has 0 atom stereocenters. The molecule has 0 radical (unpaired) electrons. The fourth-order valence-electron chi connectivity index (χ4n) is 2.64. The number of halogens is 1. The molecule has 0 saturated heterocycles. The van der Waals surface area contributed by atoms with E-state index in [4.69, 9.17) is 9.73 Å². The number of ether oxygens (including phenoxy) is 1. The third-order valence-corrected chi connectivity index (χ3v) is 3.98. The highest BCUT2D eigenvalue weighted by Crippen LogP contribution is 2.17. The summed E-state index contributed by atoms with van der Waals surface area (Å²) in [5.74, 6) is 1.85. The van der Waals surface area contributed by atoms with E-state index < -0.39 is 0 Å². The second-order valence-corrected chi connectivity index (χ2v) is 5.76. The SMILES string of the molecule is CCNC(=NCCc1ccccc1OC)N(C)Cc1cccn1C.I. The van der Waals surface area contributed by atoms with Crippen molar-refractivity contribution >= 4 is 29.9 Å². The molecule has 1 N–H and O–H groups in total. The Balaban J connectivity index is 0.00000312. The van der Waals surface area contributed by atoms with Crippen LogP contribution in [0, 0.1) is 0 Å². The average Bonchev–Trinajstić information content (AvgIpc) is 2.99. The summed E-state index contributed by atoms with van der Waals surface area (Å²) >= 11 is 0. The number of para-hydroxylation sites is 1. The van der Waals surface area contributed by atoms with Gasteiger partial charge in [-0.15, -0.1) is 24.0 Å². The van der Waals surface area contributed by atoms with Gasteiger partial charge in [-0.25, -0.2) is 0 Å². The Hall–Kier alpha value is -1.70. The Morgan fingerprint density at radius 2 is 2.00 bits per heavy atom. The van der Waals surface area contributed by atoms with Crippen molar-refractivity contribution in [3.05, 3.63) is 53.9 Å². The molecule has 138 valence electrons. The number of benzene rings is 1. The Kier molecular flexibility index (Phi) is 9.41. The second kappa shape index (κ2) is 11.0. The van der Waals surface area contributed by atoms with E-state index in [0.29, 0.717) is 0 Å². The zero-order valence-corrected chi connectivity index (χ0v) is 17.9. The predicted octanol–water partition coefficient (Wildman–Crippen LogP) is 3.29. The van der Waals surface area contributed by atoms with Crippen molar-refractivity contribution in [1.29, 1.82) is 0 Å². The van der Waals surface area contributed by atoms with Gasteiger partial charge in [0.05, 0.1) is 13.7 Å². The lowest BCUT2D eigenvalue weighted by molar-refractivity contribution is 0.409. The number of aryl methyl sites for hydroxylation is 1. The van der Waals surface area contributed by atoms with Crippen LogP contribution in [-0.4, -0.2) is 42.7 Å². The minimum Gasteiger partial charge on any atom is -0.496 e. The Morgan fingerprint density at radius 3 is 2.64 bits per heavy atom. The number of aliphatic imine (C=N–C) groups is 1.